The number of carbonyl (C=O) groups excluding carboxylic acids is 1. The molecule has 1 atom stereocenters. The molecule has 0 radical (unpaired) electrons. The van der Waals surface area contributed by atoms with Crippen molar-refractivity contribution in [2.45, 2.75) is 12.0 Å². The number of hydrogen-bond donors (Lipinski definition) is 2. The highest BCUT2D eigenvalue weighted by Gasteiger charge is 2.43. The van der Waals surface area contributed by atoms with Gasteiger partial charge < -0.3 is 15.7 Å². The van der Waals surface area contributed by atoms with Gasteiger partial charge in [0.15, 0.2) is 0 Å². The normalized spacial score (nSPS) is 23.7. The molecule has 1 unspecified atom stereocenters. The largest absolute Gasteiger partial charge is 0.480 e. The quantitative estimate of drug-likeness (QED) is 0.689. The summed E-state index contributed by atoms with van der Waals surface area (Å²) in [5, 5.41) is 8.95. The lowest BCUT2D eigenvalue weighted by Crippen LogP contribution is -2.50. The molecule has 90 valence electrons. The lowest BCUT2D eigenvalue weighted by molar-refractivity contribution is -0.142. The van der Waals surface area contributed by atoms with Crippen molar-refractivity contribution in [1.82, 2.24) is 14.9 Å². The first-order valence-corrected chi connectivity index (χ1v) is 5.09. The van der Waals surface area contributed by atoms with Gasteiger partial charge in [0.25, 0.3) is 5.91 Å². The Labute approximate surface area is 97.3 Å². The fourth-order valence-corrected chi connectivity index (χ4v) is 1.77. The highest BCUT2D eigenvalue weighted by Crippen LogP contribution is 2.20. The van der Waals surface area contributed by atoms with E-state index < -0.39 is 11.5 Å². The molecule has 7 nitrogen and oxygen atoms in total. The number of nitrogens with two attached hydrogens (primary N) is 1. The van der Waals surface area contributed by atoms with Crippen molar-refractivity contribution in [1.29, 1.82) is 0 Å². The summed E-state index contributed by atoms with van der Waals surface area (Å²) in [6, 6.07) is 0. The number of nitrogens with zero attached hydrogens (tertiary/aromatic N) is 3. The molecule has 1 amide bonds. The fraction of sp³-hybridized carbons (Fsp3) is 0.400. The van der Waals surface area contributed by atoms with Gasteiger partial charge in [-0.25, -0.2) is 9.97 Å². The van der Waals surface area contributed by atoms with Gasteiger partial charge in [-0.1, -0.05) is 0 Å². The van der Waals surface area contributed by atoms with Crippen molar-refractivity contribution in [2.75, 3.05) is 13.1 Å². The Bertz CT molecular complexity index is 450. The van der Waals surface area contributed by atoms with Crippen molar-refractivity contribution in [3.8, 4) is 0 Å². The van der Waals surface area contributed by atoms with Crippen LogP contribution in [0.15, 0.2) is 18.7 Å². The minimum Gasteiger partial charge on any atom is -0.480 e. The molecule has 2 rings (SSSR count). The lowest BCUT2D eigenvalue weighted by Gasteiger charge is -2.19. The first-order chi connectivity index (χ1) is 8.03. The van der Waals surface area contributed by atoms with Crippen LogP contribution in [-0.2, 0) is 4.79 Å². The average molecular weight is 236 g/mol. The van der Waals surface area contributed by atoms with E-state index >= 15 is 0 Å². The smallest absolute Gasteiger partial charge is 0.325 e. The summed E-state index contributed by atoms with van der Waals surface area (Å²) < 4.78 is 0. The van der Waals surface area contributed by atoms with Gasteiger partial charge in [-0.05, 0) is 6.42 Å². The minimum absolute atomic E-state index is 0.00998. The Morgan fingerprint density at radius 2 is 2.06 bits per heavy atom. The van der Waals surface area contributed by atoms with Crippen LogP contribution in [0.3, 0.4) is 0 Å². The lowest BCUT2D eigenvalue weighted by atomic mass is 10.0. The third kappa shape index (κ3) is 2.09. The first kappa shape index (κ1) is 11.5. The SMILES string of the molecule is NC1(C(=O)O)CCN(C(=O)c2cncnc2)C1. The highest BCUT2D eigenvalue weighted by atomic mass is 16.4. The summed E-state index contributed by atoms with van der Waals surface area (Å²) in [4.78, 5) is 31.8. The number of rotatable bonds is 2. The monoisotopic (exact) mass is 236 g/mol. The first-order valence-electron chi connectivity index (χ1n) is 5.09. The Morgan fingerprint density at radius 3 is 2.59 bits per heavy atom. The molecule has 17 heavy (non-hydrogen) atoms. The van der Waals surface area contributed by atoms with Crippen molar-refractivity contribution >= 4 is 11.9 Å². The topological polar surface area (TPSA) is 109 Å². The van der Waals surface area contributed by atoms with Crippen LogP contribution in [0.25, 0.3) is 0 Å². The number of carboxylic acid groups (broad SMARTS) is 1. The van der Waals surface area contributed by atoms with Gasteiger partial charge in [-0.15, -0.1) is 0 Å². The molecular weight excluding hydrogens is 224 g/mol. The van der Waals surface area contributed by atoms with Crippen LogP contribution in [-0.4, -0.2) is 50.5 Å². The Kier molecular flexibility index (Phi) is 2.76. The van der Waals surface area contributed by atoms with Crippen molar-refractivity contribution in [3.63, 3.8) is 0 Å². The van der Waals surface area contributed by atoms with E-state index in [0.29, 0.717) is 12.1 Å². The number of hydrogen-bond acceptors (Lipinski definition) is 5. The Morgan fingerprint density at radius 1 is 1.41 bits per heavy atom. The summed E-state index contributed by atoms with van der Waals surface area (Å²) in [5.41, 5.74) is 4.68. The molecule has 1 aromatic heterocycles. The average Bonchev–Trinajstić information content (AvgIpc) is 2.74. The third-order valence-corrected chi connectivity index (χ3v) is 2.82. The van der Waals surface area contributed by atoms with E-state index in [2.05, 4.69) is 9.97 Å². The van der Waals surface area contributed by atoms with Crippen LogP contribution in [0.4, 0.5) is 0 Å². The molecule has 0 aliphatic carbocycles. The molecule has 0 spiro atoms. The van der Waals surface area contributed by atoms with Crippen molar-refractivity contribution in [2.24, 2.45) is 5.73 Å². The number of amides is 1. The highest BCUT2D eigenvalue weighted by molar-refractivity contribution is 5.94. The molecule has 2 heterocycles. The second-order valence-corrected chi connectivity index (χ2v) is 4.07. The zero-order chi connectivity index (χ0) is 12.5. The van der Waals surface area contributed by atoms with Crippen LogP contribution in [0.1, 0.15) is 16.8 Å². The van der Waals surface area contributed by atoms with E-state index in [1.165, 1.54) is 23.6 Å². The van der Waals surface area contributed by atoms with Gasteiger partial charge in [0.05, 0.1) is 5.56 Å². The summed E-state index contributed by atoms with van der Waals surface area (Å²) in [7, 11) is 0. The van der Waals surface area contributed by atoms with Gasteiger partial charge >= 0.3 is 5.97 Å². The second-order valence-electron chi connectivity index (χ2n) is 4.07. The van der Waals surface area contributed by atoms with Gasteiger partial charge in [-0.3, -0.25) is 9.59 Å². The zero-order valence-electron chi connectivity index (χ0n) is 9.04. The number of aliphatic carboxylic acids is 1. The van der Waals surface area contributed by atoms with E-state index in [9.17, 15) is 9.59 Å². The molecule has 7 heteroatoms. The molecule has 1 aliphatic rings. The fourth-order valence-electron chi connectivity index (χ4n) is 1.77. The maximum absolute atomic E-state index is 12.0. The number of carboxylic acids is 1. The molecule has 0 aromatic carbocycles. The van der Waals surface area contributed by atoms with Crippen LogP contribution in [0.2, 0.25) is 0 Å². The van der Waals surface area contributed by atoms with Gasteiger partial charge in [0.2, 0.25) is 0 Å². The maximum Gasteiger partial charge on any atom is 0.325 e. The molecule has 1 fully saturated rings. The van der Waals surface area contributed by atoms with Gasteiger partial charge in [0.1, 0.15) is 11.9 Å². The standard InChI is InChI=1S/C10H12N4O3/c11-10(9(16)17)1-2-14(5-10)8(15)7-3-12-6-13-4-7/h3-4,6H,1-2,5,11H2,(H,16,17). The van der Waals surface area contributed by atoms with Gasteiger partial charge in [0, 0.05) is 25.5 Å². The van der Waals surface area contributed by atoms with E-state index in [1.807, 2.05) is 0 Å². The summed E-state index contributed by atoms with van der Waals surface area (Å²) in [6.45, 7) is 0.340. The number of carbonyl (C=O) groups is 2. The number of aromatic nitrogens is 2. The predicted molar refractivity (Wildman–Crippen MR) is 57.1 cm³/mol. The Hall–Kier alpha value is -2.02. The van der Waals surface area contributed by atoms with Crippen LogP contribution < -0.4 is 5.73 Å². The van der Waals surface area contributed by atoms with Crippen molar-refractivity contribution < 1.29 is 14.7 Å². The molecular formula is C10H12N4O3. The molecule has 0 bridgehead atoms. The van der Waals surface area contributed by atoms with Gasteiger partial charge in [-0.2, -0.15) is 0 Å². The van der Waals surface area contributed by atoms with Crippen LogP contribution >= 0.6 is 0 Å². The molecule has 1 aromatic rings. The maximum atomic E-state index is 12.0. The predicted octanol–water partition coefficient (Wildman–Crippen LogP) is -0.895. The van der Waals surface area contributed by atoms with E-state index in [-0.39, 0.29) is 18.9 Å². The van der Waals surface area contributed by atoms with Crippen molar-refractivity contribution in [3.05, 3.63) is 24.3 Å². The zero-order valence-corrected chi connectivity index (χ0v) is 9.04. The molecule has 1 saturated heterocycles. The van der Waals surface area contributed by atoms with E-state index in [0.717, 1.165) is 0 Å². The molecule has 0 saturated carbocycles. The van der Waals surface area contributed by atoms with Crippen LogP contribution in [0.5, 0.6) is 0 Å². The summed E-state index contributed by atoms with van der Waals surface area (Å²) >= 11 is 0. The van der Waals surface area contributed by atoms with E-state index in [1.54, 1.807) is 0 Å². The summed E-state index contributed by atoms with van der Waals surface area (Å²) in [6.07, 6.45) is 4.37. The Balaban J connectivity index is 2.12. The number of likely N-dealkylation sites (tertiary alicyclic amines) is 1. The second kappa shape index (κ2) is 4.10. The molecule has 3 N–H and O–H groups in total. The molecule has 1 aliphatic heterocycles. The third-order valence-electron chi connectivity index (χ3n) is 2.82. The van der Waals surface area contributed by atoms with Crippen LogP contribution in [0, 0.1) is 0 Å². The minimum atomic E-state index is -1.34. The van der Waals surface area contributed by atoms with E-state index in [4.69, 9.17) is 10.8 Å². The summed E-state index contributed by atoms with van der Waals surface area (Å²) in [5.74, 6) is -1.38.